The minimum Gasteiger partial charge on any atom is -0.444 e. The summed E-state index contributed by atoms with van der Waals surface area (Å²) in [5, 5.41) is 4.88. The predicted octanol–water partition coefficient (Wildman–Crippen LogP) is 3.83. The lowest BCUT2D eigenvalue weighted by Gasteiger charge is -2.01. The van der Waals surface area contributed by atoms with E-state index in [4.69, 9.17) is 16.0 Å². The largest absolute Gasteiger partial charge is 0.444 e. The van der Waals surface area contributed by atoms with E-state index < -0.39 is 0 Å². The van der Waals surface area contributed by atoms with E-state index in [0.29, 0.717) is 11.8 Å². The first kappa shape index (κ1) is 11.7. The summed E-state index contributed by atoms with van der Waals surface area (Å²) in [5.74, 6) is 0. The molecule has 0 aliphatic heterocycles. The molecule has 0 fully saturated rings. The smallest absolute Gasteiger partial charge is 0.199 e. The van der Waals surface area contributed by atoms with Gasteiger partial charge in [0.1, 0.15) is 5.58 Å². The molecule has 0 radical (unpaired) electrons. The Hall–Kier alpha value is -1.36. The molecule has 0 spiro atoms. The van der Waals surface area contributed by atoms with Crippen LogP contribution in [0.2, 0.25) is 5.22 Å². The monoisotopic (exact) mass is 278 g/mol. The molecule has 0 atom stereocenters. The Kier molecular flexibility index (Phi) is 3.32. The van der Waals surface area contributed by atoms with Crippen LogP contribution in [0.25, 0.3) is 11.0 Å². The normalized spacial score (nSPS) is 11.2. The summed E-state index contributed by atoms with van der Waals surface area (Å²) >= 11 is 7.75. The van der Waals surface area contributed by atoms with Gasteiger partial charge in [-0.25, -0.2) is 0 Å². The first-order valence-electron chi connectivity index (χ1n) is 5.58. The first-order chi connectivity index (χ1) is 8.84. The SMILES string of the molecule is Clc1oc2ccccc2c1CNCc1cncs1. The van der Waals surface area contributed by atoms with Crippen molar-refractivity contribution >= 4 is 33.9 Å². The van der Waals surface area contributed by atoms with Gasteiger partial charge in [0, 0.05) is 35.1 Å². The molecule has 3 nitrogen and oxygen atoms in total. The summed E-state index contributed by atoms with van der Waals surface area (Å²) in [5.41, 5.74) is 3.67. The molecule has 2 heterocycles. The molecule has 0 aliphatic carbocycles. The lowest BCUT2D eigenvalue weighted by Crippen LogP contribution is -2.11. The lowest BCUT2D eigenvalue weighted by molar-refractivity contribution is 0.604. The van der Waals surface area contributed by atoms with Crippen molar-refractivity contribution < 1.29 is 4.42 Å². The van der Waals surface area contributed by atoms with Gasteiger partial charge in [0.2, 0.25) is 0 Å². The number of rotatable bonds is 4. The van der Waals surface area contributed by atoms with E-state index in [1.54, 1.807) is 11.3 Å². The van der Waals surface area contributed by atoms with Gasteiger partial charge in [0.15, 0.2) is 5.22 Å². The Morgan fingerprint density at radius 3 is 3.00 bits per heavy atom. The van der Waals surface area contributed by atoms with Crippen molar-refractivity contribution in [2.45, 2.75) is 13.1 Å². The topological polar surface area (TPSA) is 38.1 Å². The second-order valence-electron chi connectivity index (χ2n) is 3.92. The van der Waals surface area contributed by atoms with E-state index in [1.807, 2.05) is 36.0 Å². The molecular weight excluding hydrogens is 268 g/mol. The number of thiazole rings is 1. The number of nitrogens with one attached hydrogen (secondary N) is 1. The van der Waals surface area contributed by atoms with E-state index in [9.17, 15) is 0 Å². The average Bonchev–Trinajstić information content (AvgIpc) is 2.98. The van der Waals surface area contributed by atoms with Crippen LogP contribution in [-0.4, -0.2) is 4.98 Å². The van der Waals surface area contributed by atoms with Crippen LogP contribution in [0.15, 0.2) is 40.4 Å². The van der Waals surface area contributed by atoms with E-state index in [1.165, 1.54) is 4.88 Å². The van der Waals surface area contributed by atoms with Crippen LogP contribution in [-0.2, 0) is 13.1 Å². The fourth-order valence-corrected chi connectivity index (χ4v) is 2.69. The van der Waals surface area contributed by atoms with Gasteiger partial charge in [0.05, 0.1) is 5.51 Å². The van der Waals surface area contributed by atoms with Crippen molar-refractivity contribution in [3.8, 4) is 0 Å². The standard InChI is InChI=1S/C13H11ClN2OS/c14-13-11(7-15-5-9-6-16-8-18-9)10-3-1-2-4-12(10)17-13/h1-4,6,8,15H,5,7H2. The minimum absolute atomic E-state index is 0.466. The fraction of sp³-hybridized carbons (Fsp3) is 0.154. The number of fused-ring (bicyclic) bond motifs is 1. The molecule has 1 aromatic carbocycles. The molecule has 3 aromatic rings. The molecular formula is C13H11ClN2OS. The highest BCUT2D eigenvalue weighted by atomic mass is 35.5. The lowest BCUT2D eigenvalue weighted by atomic mass is 10.2. The van der Waals surface area contributed by atoms with Gasteiger partial charge < -0.3 is 9.73 Å². The van der Waals surface area contributed by atoms with Crippen molar-refractivity contribution in [1.82, 2.24) is 10.3 Å². The zero-order chi connectivity index (χ0) is 12.4. The highest BCUT2D eigenvalue weighted by Crippen LogP contribution is 2.29. The van der Waals surface area contributed by atoms with Gasteiger partial charge in [-0.2, -0.15) is 0 Å². The van der Waals surface area contributed by atoms with Crippen LogP contribution in [0.5, 0.6) is 0 Å². The van der Waals surface area contributed by atoms with Crippen LogP contribution >= 0.6 is 22.9 Å². The summed E-state index contributed by atoms with van der Waals surface area (Å²) < 4.78 is 5.50. The highest BCUT2D eigenvalue weighted by Gasteiger charge is 2.11. The second kappa shape index (κ2) is 5.10. The number of nitrogens with zero attached hydrogens (tertiary/aromatic N) is 1. The minimum atomic E-state index is 0.466. The highest BCUT2D eigenvalue weighted by molar-refractivity contribution is 7.09. The molecule has 3 rings (SSSR count). The Morgan fingerprint density at radius 1 is 1.28 bits per heavy atom. The van der Waals surface area contributed by atoms with Crippen molar-refractivity contribution in [3.05, 3.63) is 51.6 Å². The zero-order valence-electron chi connectivity index (χ0n) is 9.52. The molecule has 1 N–H and O–H groups in total. The number of hydrogen-bond acceptors (Lipinski definition) is 4. The number of benzene rings is 1. The zero-order valence-corrected chi connectivity index (χ0v) is 11.1. The second-order valence-corrected chi connectivity index (χ2v) is 5.24. The van der Waals surface area contributed by atoms with Crippen LogP contribution in [0.4, 0.5) is 0 Å². The van der Waals surface area contributed by atoms with Gasteiger partial charge in [0.25, 0.3) is 0 Å². The molecule has 18 heavy (non-hydrogen) atoms. The maximum Gasteiger partial charge on any atom is 0.199 e. The van der Waals surface area contributed by atoms with E-state index in [-0.39, 0.29) is 0 Å². The fourth-order valence-electron chi connectivity index (χ4n) is 1.87. The number of hydrogen-bond donors (Lipinski definition) is 1. The van der Waals surface area contributed by atoms with Gasteiger partial charge >= 0.3 is 0 Å². The van der Waals surface area contributed by atoms with Crippen LogP contribution in [0.3, 0.4) is 0 Å². The van der Waals surface area contributed by atoms with Crippen LogP contribution < -0.4 is 5.32 Å². The summed E-state index contributed by atoms with van der Waals surface area (Å²) in [6.45, 7) is 1.48. The summed E-state index contributed by atoms with van der Waals surface area (Å²) in [6, 6.07) is 7.87. The van der Waals surface area contributed by atoms with Crippen molar-refractivity contribution in [2.75, 3.05) is 0 Å². The molecule has 0 saturated carbocycles. The Morgan fingerprint density at radius 2 is 2.17 bits per heavy atom. The first-order valence-corrected chi connectivity index (χ1v) is 6.84. The maximum atomic E-state index is 6.11. The van der Waals surface area contributed by atoms with Crippen molar-refractivity contribution in [3.63, 3.8) is 0 Å². The van der Waals surface area contributed by atoms with Crippen LogP contribution in [0.1, 0.15) is 10.4 Å². The van der Waals surface area contributed by atoms with Gasteiger partial charge in [-0.3, -0.25) is 4.98 Å². The molecule has 0 aliphatic rings. The van der Waals surface area contributed by atoms with E-state index >= 15 is 0 Å². The molecule has 0 saturated heterocycles. The number of aromatic nitrogens is 1. The third-order valence-corrected chi connectivity index (χ3v) is 3.82. The predicted molar refractivity (Wildman–Crippen MR) is 73.9 cm³/mol. The third kappa shape index (κ3) is 2.27. The molecule has 0 bridgehead atoms. The Labute approximate surface area is 113 Å². The van der Waals surface area contributed by atoms with Gasteiger partial charge in [-0.05, 0) is 17.7 Å². The average molecular weight is 279 g/mol. The third-order valence-electron chi connectivity index (χ3n) is 2.73. The van der Waals surface area contributed by atoms with Crippen LogP contribution in [0, 0.1) is 0 Å². The number of halogens is 1. The molecule has 2 aromatic heterocycles. The van der Waals surface area contributed by atoms with Crippen molar-refractivity contribution in [2.24, 2.45) is 0 Å². The summed E-state index contributed by atoms with van der Waals surface area (Å²) in [4.78, 5) is 5.25. The van der Waals surface area contributed by atoms with Crippen molar-refractivity contribution in [1.29, 1.82) is 0 Å². The van der Waals surface area contributed by atoms with E-state index in [2.05, 4.69) is 10.3 Å². The Balaban J connectivity index is 1.76. The van der Waals surface area contributed by atoms with E-state index in [0.717, 1.165) is 23.1 Å². The summed E-state index contributed by atoms with van der Waals surface area (Å²) in [6.07, 6.45) is 1.87. The molecule has 0 unspecified atom stereocenters. The maximum absolute atomic E-state index is 6.11. The summed E-state index contributed by atoms with van der Waals surface area (Å²) in [7, 11) is 0. The molecule has 5 heteroatoms. The quantitative estimate of drug-likeness (QED) is 0.788. The van der Waals surface area contributed by atoms with Gasteiger partial charge in [-0.15, -0.1) is 11.3 Å². The number of furan rings is 1. The Bertz CT molecular complexity index is 648. The number of para-hydroxylation sites is 1. The molecule has 92 valence electrons. The van der Waals surface area contributed by atoms with Gasteiger partial charge in [-0.1, -0.05) is 18.2 Å². The molecule has 0 amide bonds.